The summed E-state index contributed by atoms with van der Waals surface area (Å²) in [4.78, 5) is 29.3. The van der Waals surface area contributed by atoms with E-state index >= 15 is 0 Å². The van der Waals surface area contributed by atoms with Gasteiger partial charge in [-0.3, -0.25) is 9.59 Å². The van der Waals surface area contributed by atoms with E-state index in [4.69, 9.17) is 4.42 Å². The topological polar surface area (TPSA) is 60.2 Å². The van der Waals surface area contributed by atoms with Crippen molar-refractivity contribution in [3.05, 3.63) is 88.6 Å². The number of hydrogen-bond donors (Lipinski definition) is 0. The molecule has 1 aromatic heterocycles. The van der Waals surface area contributed by atoms with E-state index in [-0.39, 0.29) is 28.9 Å². The maximum absolute atomic E-state index is 12.5. The molecular weight excluding hydrogens is 302 g/mol. The van der Waals surface area contributed by atoms with Crippen LogP contribution in [0.3, 0.4) is 0 Å². The van der Waals surface area contributed by atoms with E-state index in [1.165, 1.54) is 0 Å². The fourth-order valence-electron chi connectivity index (χ4n) is 2.80. The molecule has 0 bridgehead atoms. The summed E-state index contributed by atoms with van der Waals surface area (Å²) in [7, 11) is 0. The predicted octanol–water partition coefficient (Wildman–Crippen LogP) is 4.01. The summed E-state index contributed by atoms with van der Waals surface area (Å²) in [6, 6.07) is 16.5. The Morgan fingerprint density at radius 1 is 0.917 bits per heavy atom. The van der Waals surface area contributed by atoms with Gasteiger partial charge in [-0.05, 0) is 18.1 Å². The highest BCUT2D eigenvalue weighted by atomic mass is 16.4. The first-order chi connectivity index (χ1) is 11.6. The highest BCUT2D eigenvalue weighted by Crippen LogP contribution is 2.28. The van der Waals surface area contributed by atoms with E-state index < -0.39 is 0 Å². The number of benzene rings is 2. The van der Waals surface area contributed by atoms with Gasteiger partial charge in [0.2, 0.25) is 23.2 Å². The van der Waals surface area contributed by atoms with Gasteiger partial charge in [0, 0.05) is 17.2 Å². The maximum atomic E-state index is 12.5. The second kappa shape index (κ2) is 5.42. The summed E-state index contributed by atoms with van der Waals surface area (Å²) >= 11 is 0. The molecule has 0 unspecified atom stereocenters. The smallest absolute Gasteiger partial charge is 0.231 e. The predicted molar refractivity (Wildman–Crippen MR) is 89.8 cm³/mol. The van der Waals surface area contributed by atoms with Crippen LogP contribution in [0.5, 0.6) is 0 Å². The van der Waals surface area contributed by atoms with Crippen LogP contribution < -0.4 is 0 Å². The molecule has 1 aliphatic carbocycles. The molecule has 1 aliphatic rings. The SMILES string of the molecule is C/C(=C\c1nc2c(o1)C(=O)c1ccccc1C2=O)c1ccccc1. The summed E-state index contributed by atoms with van der Waals surface area (Å²) in [5, 5.41) is 0. The van der Waals surface area contributed by atoms with Gasteiger partial charge >= 0.3 is 0 Å². The van der Waals surface area contributed by atoms with E-state index in [1.54, 1.807) is 30.3 Å². The Bertz CT molecular complexity index is 944. The van der Waals surface area contributed by atoms with E-state index in [2.05, 4.69) is 4.98 Å². The van der Waals surface area contributed by atoms with Crippen LogP contribution in [0.1, 0.15) is 50.5 Å². The number of oxazole rings is 1. The van der Waals surface area contributed by atoms with Crippen LogP contribution in [0.2, 0.25) is 0 Å². The molecule has 0 saturated heterocycles. The minimum absolute atomic E-state index is 0.0193. The number of nitrogens with zero attached hydrogens (tertiary/aromatic N) is 1. The van der Waals surface area contributed by atoms with Crippen LogP contribution in [0.25, 0.3) is 11.6 Å². The Hall–Kier alpha value is -3.27. The van der Waals surface area contributed by atoms with Gasteiger partial charge in [-0.25, -0.2) is 4.98 Å². The van der Waals surface area contributed by atoms with E-state index in [0.29, 0.717) is 11.1 Å². The van der Waals surface area contributed by atoms with Gasteiger partial charge in [-0.2, -0.15) is 0 Å². The molecule has 3 aromatic rings. The van der Waals surface area contributed by atoms with Gasteiger partial charge in [-0.1, -0.05) is 54.6 Å². The molecule has 0 atom stereocenters. The molecule has 4 heteroatoms. The number of rotatable bonds is 2. The molecule has 4 nitrogen and oxygen atoms in total. The van der Waals surface area contributed by atoms with E-state index in [9.17, 15) is 9.59 Å². The van der Waals surface area contributed by atoms with Crippen LogP contribution in [0, 0.1) is 0 Å². The standard InChI is InChI=1S/C20H13NO3/c1-12(13-7-3-2-4-8-13)11-16-21-17-18(22)14-9-5-6-10-15(14)19(23)20(17)24-16/h2-11H,1H3/b12-11+. The summed E-state index contributed by atoms with van der Waals surface area (Å²) in [6.45, 7) is 1.93. The molecule has 1 heterocycles. The fraction of sp³-hybridized carbons (Fsp3) is 0.0500. The summed E-state index contributed by atoms with van der Waals surface area (Å²) in [5.41, 5.74) is 2.78. The number of aromatic nitrogens is 1. The first kappa shape index (κ1) is 14.3. The Balaban J connectivity index is 1.78. The number of ketones is 2. The first-order valence-corrected chi connectivity index (χ1v) is 7.58. The summed E-state index contributed by atoms with van der Waals surface area (Å²) in [5.74, 6) is -0.299. The average Bonchev–Trinajstić information content (AvgIpc) is 3.04. The number of allylic oxidation sites excluding steroid dienone is 1. The Kier molecular flexibility index (Phi) is 3.24. The van der Waals surface area contributed by atoms with Gasteiger partial charge in [0.15, 0.2) is 5.69 Å². The number of hydrogen-bond acceptors (Lipinski definition) is 4. The van der Waals surface area contributed by atoms with Crippen molar-refractivity contribution < 1.29 is 14.0 Å². The van der Waals surface area contributed by atoms with E-state index in [1.807, 2.05) is 37.3 Å². The summed E-state index contributed by atoms with van der Waals surface area (Å²) < 4.78 is 5.58. The van der Waals surface area contributed by atoms with Crippen molar-refractivity contribution in [2.24, 2.45) is 0 Å². The Morgan fingerprint density at radius 2 is 1.54 bits per heavy atom. The fourth-order valence-corrected chi connectivity index (χ4v) is 2.80. The lowest BCUT2D eigenvalue weighted by atomic mass is 9.91. The Labute approximate surface area is 138 Å². The zero-order valence-corrected chi connectivity index (χ0v) is 12.9. The first-order valence-electron chi connectivity index (χ1n) is 7.58. The lowest BCUT2D eigenvalue weighted by molar-refractivity contribution is 0.0958. The molecule has 0 spiro atoms. The minimum Gasteiger partial charge on any atom is -0.432 e. The molecule has 24 heavy (non-hydrogen) atoms. The third-order valence-electron chi connectivity index (χ3n) is 4.05. The Morgan fingerprint density at radius 3 is 2.25 bits per heavy atom. The molecule has 0 aliphatic heterocycles. The zero-order chi connectivity index (χ0) is 16.7. The van der Waals surface area contributed by atoms with Crippen molar-refractivity contribution in [2.75, 3.05) is 0 Å². The number of carbonyl (C=O) groups excluding carboxylic acids is 2. The molecule has 0 amide bonds. The van der Waals surface area contributed by atoms with Crippen molar-refractivity contribution in [1.29, 1.82) is 0 Å². The molecular formula is C20H13NO3. The van der Waals surface area contributed by atoms with Gasteiger partial charge in [0.05, 0.1) is 0 Å². The molecule has 0 radical (unpaired) electrons. The molecule has 2 aromatic carbocycles. The summed E-state index contributed by atoms with van der Waals surface area (Å²) in [6.07, 6.45) is 1.74. The van der Waals surface area contributed by atoms with Gasteiger partial charge in [0.25, 0.3) is 0 Å². The van der Waals surface area contributed by atoms with Crippen molar-refractivity contribution >= 4 is 23.2 Å². The monoisotopic (exact) mass is 315 g/mol. The lowest BCUT2D eigenvalue weighted by Crippen LogP contribution is -2.19. The second-order valence-corrected chi connectivity index (χ2v) is 5.63. The van der Waals surface area contributed by atoms with Gasteiger partial charge in [-0.15, -0.1) is 0 Å². The van der Waals surface area contributed by atoms with Gasteiger partial charge < -0.3 is 4.42 Å². The number of carbonyl (C=O) groups is 2. The quantitative estimate of drug-likeness (QED) is 0.561. The largest absolute Gasteiger partial charge is 0.432 e. The van der Waals surface area contributed by atoms with Crippen LogP contribution in [0.15, 0.2) is 59.0 Å². The van der Waals surface area contributed by atoms with Crippen molar-refractivity contribution in [3.63, 3.8) is 0 Å². The van der Waals surface area contributed by atoms with Crippen LogP contribution >= 0.6 is 0 Å². The van der Waals surface area contributed by atoms with Crippen LogP contribution in [0.4, 0.5) is 0 Å². The molecule has 0 fully saturated rings. The van der Waals surface area contributed by atoms with Crippen LogP contribution in [-0.2, 0) is 0 Å². The highest BCUT2D eigenvalue weighted by molar-refractivity contribution is 6.26. The highest BCUT2D eigenvalue weighted by Gasteiger charge is 2.34. The maximum Gasteiger partial charge on any atom is 0.231 e. The molecule has 4 rings (SSSR count). The third kappa shape index (κ3) is 2.20. The molecule has 0 saturated carbocycles. The van der Waals surface area contributed by atoms with Crippen molar-refractivity contribution in [1.82, 2.24) is 4.98 Å². The zero-order valence-electron chi connectivity index (χ0n) is 12.9. The second-order valence-electron chi connectivity index (χ2n) is 5.63. The molecule has 0 N–H and O–H groups in total. The number of fused-ring (bicyclic) bond motifs is 2. The van der Waals surface area contributed by atoms with Crippen LogP contribution in [-0.4, -0.2) is 16.6 Å². The van der Waals surface area contributed by atoms with Crippen molar-refractivity contribution in [3.8, 4) is 0 Å². The minimum atomic E-state index is -0.301. The average molecular weight is 315 g/mol. The third-order valence-corrected chi connectivity index (χ3v) is 4.05. The van der Waals surface area contributed by atoms with E-state index in [0.717, 1.165) is 11.1 Å². The van der Waals surface area contributed by atoms with Gasteiger partial charge in [0.1, 0.15) is 0 Å². The molecule has 116 valence electrons. The lowest BCUT2D eigenvalue weighted by Gasteiger charge is -2.10. The normalized spacial score (nSPS) is 13.6. The van der Waals surface area contributed by atoms with Crippen molar-refractivity contribution in [2.45, 2.75) is 6.92 Å².